The molecule has 0 spiro atoms. The van der Waals surface area contributed by atoms with Crippen LogP contribution in [0.15, 0.2) is 30.3 Å². The van der Waals surface area contributed by atoms with E-state index in [0.29, 0.717) is 6.04 Å². The first-order chi connectivity index (χ1) is 8.66. The molecule has 3 nitrogen and oxygen atoms in total. The molecule has 1 aliphatic heterocycles. The lowest BCUT2D eigenvalue weighted by atomic mass is 10.1. The van der Waals surface area contributed by atoms with E-state index in [1.165, 1.54) is 5.56 Å². The summed E-state index contributed by atoms with van der Waals surface area (Å²) in [6, 6.07) is 10.9. The molecule has 0 unspecified atom stereocenters. The third kappa shape index (κ3) is 3.55. The molecule has 1 aromatic carbocycles. The van der Waals surface area contributed by atoms with E-state index in [1.54, 1.807) is 0 Å². The van der Waals surface area contributed by atoms with Crippen LogP contribution in [-0.4, -0.2) is 60.8 Å². The second-order valence-corrected chi connectivity index (χ2v) is 5.45. The molecule has 1 saturated heterocycles. The molecule has 2 atom stereocenters. The molecule has 1 N–H and O–H groups in total. The monoisotopic (exact) mass is 248 g/mol. The minimum absolute atomic E-state index is 0.197. The maximum atomic E-state index is 9.96. The first-order valence-corrected chi connectivity index (χ1v) is 6.77. The molecule has 18 heavy (non-hydrogen) atoms. The van der Waals surface area contributed by atoms with Crippen LogP contribution in [0.4, 0.5) is 0 Å². The fourth-order valence-corrected chi connectivity index (χ4v) is 2.69. The number of likely N-dealkylation sites (N-methyl/N-ethyl adjacent to an activating group) is 1. The van der Waals surface area contributed by atoms with Crippen LogP contribution in [0.3, 0.4) is 0 Å². The van der Waals surface area contributed by atoms with E-state index >= 15 is 0 Å². The van der Waals surface area contributed by atoms with Crippen molar-refractivity contribution in [3.8, 4) is 0 Å². The van der Waals surface area contributed by atoms with Crippen LogP contribution >= 0.6 is 0 Å². The summed E-state index contributed by atoms with van der Waals surface area (Å²) in [5, 5.41) is 9.96. The van der Waals surface area contributed by atoms with Gasteiger partial charge in [0.05, 0.1) is 6.10 Å². The van der Waals surface area contributed by atoms with Gasteiger partial charge >= 0.3 is 0 Å². The third-order valence-corrected chi connectivity index (χ3v) is 3.78. The lowest BCUT2D eigenvalue weighted by Crippen LogP contribution is -2.38. The van der Waals surface area contributed by atoms with Gasteiger partial charge in [-0.2, -0.15) is 0 Å². The Balaban J connectivity index is 1.72. The highest BCUT2D eigenvalue weighted by Gasteiger charge is 2.31. The van der Waals surface area contributed by atoms with E-state index < -0.39 is 0 Å². The standard InChI is InChI=1S/C15H24N2O/c1-16(2)14-11-17(12-15(14)18)10-6-9-13-7-4-3-5-8-13/h3-5,7-8,14-15,18H,6,9-12H2,1-2H3/t14-,15-/m1/s1. The van der Waals surface area contributed by atoms with Gasteiger partial charge in [-0.15, -0.1) is 0 Å². The Labute approximate surface area is 110 Å². The predicted molar refractivity (Wildman–Crippen MR) is 74.7 cm³/mol. The SMILES string of the molecule is CN(C)[C@@H]1CN(CCCc2ccccc2)C[C@H]1O. The van der Waals surface area contributed by atoms with Crippen molar-refractivity contribution in [1.82, 2.24) is 9.80 Å². The van der Waals surface area contributed by atoms with Gasteiger partial charge in [-0.05, 0) is 39.0 Å². The number of benzene rings is 1. The third-order valence-electron chi connectivity index (χ3n) is 3.78. The minimum Gasteiger partial charge on any atom is -0.390 e. The van der Waals surface area contributed by atoms with Crippen molar-refractivity contribution >= 4 is 0 Å². The van der Waals surface area contributed by atoms with Crippen molar-refractivity contribution in [3.05, 3.63) is 35.9 Å². The fourth-order valence-electron chi connectivity index (χ4n) is 2.69. The highest BCUT2D eigenvalue weighted by atomic mass is 16.3. The van der Waals surface area contributed by atoms with Crippen molar-refractivity contribution in [2.24, 2.45) is 0 Å². The van der Waals surface area contributed by atoms with Crippen molar-refractivity contribution in [1.29, 1.82) is 0 Å². The second kappa shape index (κ2) is 6.32. The zero-order valence-corrected chi connectivity index (χ0v) is 11.4. The van der Waals surface area contributed by atoms with E-state index in [2.05, 4.69) is 40.1 Å². The number of hydrogen-bond acceptors (Lipinski definition) is 3. The van der Waals surface area contributed by atoms with Crippen LogP contribution in [0.1, 0.15) is 12.0 Å². The van der Waals surface area contributed by atoms with Crippen LogP contribution in [0.5, 0.6) is 0 Å². The molecule has 1 heterocycles. The summed E-state index contributed by atoms with van der Waals surface area (Å²) in [4.78, 5) is 4.50. The molecule has 3 heteroatoms. The first kappa shape index (κ1) is 13.5. The van der Waals surface area contributed by atoms with Crippen LogP contribution < -0.4 is 0 Å². The average Bonchev–Trinajstić information content (AvgIpc) is 2.72. The number of β-amino-alcohol motifs (C(OH)–C–C–N with tert-alkyl or cyclic N) is 1. The van der Waals surface area contributed by atoms with Crippen LogP contribution in [0.2, 0.25) is 0 Å². The molecule has 0 amide bonds. The van der Waals surface area contributed by atoms with Gasteiger partial charge in [0.15, 0.2) is 0 Å². The van der Waals surface area contributed by atoms with E-state index in [9.17, 15) is 5.11 Å². The predicted octanol–water partition coefficient (Wildman–Crippen LogP) is 1.23. The number of likely N-dealkylation sites (tertiary alicyclic amines) is 1. The molecular formula is C15H24N2O. The van der Waals surface area contributed by atoms with E-state index in [0.717, 1.165) is 32.5 Å². The first-order valence-electron chi connectivity index (χ1n) is 6.77. The van der Waals surface area contributed by atoms with Crippen LogP contribution in [0, 0.1) is 0 Å². The molecule has 1 aliphatic rings. The quantitative estimate of drug-likeness (QED) is 0.849. The molecule has 1 fully saturated rings. The summed E-state index contributed by atoms with van der Waals surface area (Å²) < 4.78 is 0. The fraction of sp³-hybridized carbons (Fsp3) is 0.600. The number of nitrogens with zero attached hydrogens (tertiary/aromatic N) is 2. The normalized spacial score (nSPS) is 24.9. The zero-order chi connectivity index (χ0) is 13.0. The molecule has 0 aliphatic carbocycles. The molecular weight excluding hydrogens is 224 g/mol. The number of aliphatic hydroxyl groups is 1. The minimum atomic E-state index is -0.197. The van der Waals surface area contributed by atoms with E-state index in [1.807, 2.05) is 14.1 Å². The van der Waals surface area contributed by atoms with Crippen molar-refractivity contribution in [2.45, 2.75) is 25.0 Å². The number of aryl methyl sites for hydroxylation is 1. The van der Waals surface area contributed by atoms with E-state index in [4.69, 9.17) is 0 Å². The van der Waals surface area contributed by atoms with Crippen molar-refractivity contribution in [2.75, 3.05) is 33.7 Å². The van der Waals surface area contributed by atoms with Gasteiger partial charge in [-0.25, -0.2) is 0 Å². The number of aliphatic hydroxyl groups excluding tert-OH is 1. The smallest absolute Gasteiger partial charge is 0.0834 e. The Bertz CT molecular complexity index is 353. The van der Waals surface area contributed by atoms with Crippen LogP contribution in [-0.2, 0) is 6.42 Å². The lowest BCUT2D eigenvalue weighted by molar-refractivity contribution is 0.112. The second-order valence-electron chi connectivity index (χ2n) is 5.45. The highest BCUT2D eigenvalue weighted by Crippen LogP contribution is 2.15. The highest BCUT2D eigenvalue weighted by molar-refractivity contribution is 5.14. The van der Waals surface area contributed by atoms with Gasteiger partial charge in [0.2, 0.25) is 0 Å². The topological polar surface area (TPSA) is 26.7 Å². The number of rotatable bonds is 5. The summed E-state index contributed by atoms with van der Waals surface area (Å²) in [6.07, 6.45) is 2.09. The van der Waals surface area contributed by atoms with Gasteiger partial charge in [0.1, 0.15) is 0 Å². The maximum Gasteiger partial charge on any atom is 0.0834 e. The largest absolute Gasteiger partial charge is 0.390 e. The van der Waals surface area contributed by atoms with Crippen molar-refractivity contribution in [3.63, 3.8) is 0 Å². The summed E-state index contributed by atoms with van der Waals surface area (Å²) in [7, 11) is 4.09. The molecule has 2 rings (SSSR count). The van der Waals surface area contributed by atoms with Gasteiger partial charge in [-0.3, -0.25) is 4.90 Å². The number of hydrogen-bond donors (Lipinski definition) is 1. The van der Waals surface area contributed by atoms with Gasteiger partial charge in [0, 0.05) is 19.1 Å². The summed E-state index contributed by atoms with van der Waals surface area (Å²) >= 11 is 0. The lowest BCUT2D eigenvalue weighted by Gasteiger charge is -2.21. The van der Waals surface area contributed by atoms with Gasteiger partial charge in [-0.1, -0.05) is 30.3 Å². The van der Waals surface area contributed by atoms with Gasteiger partial charge in [0.25, 0.3) is 0 Å². The Morgan fingerprint density at radius 3 is 2.56 bits per heavy atom. The Kier molecular flexibility index (Phi) is 4.75. The van der Waals surface area contributed by atoms with E-state index in [-0.39, 0.29) is 6.10 Å². The summed E-state index contributed by atoms with van der Waals surface area (Å²) in [5.74, 6) is 0. The zero-order valence-electron chi connectivity index (χ0n) is 11.4. The Morgan fingerprint density at radius 2 is 1.94 bits per heavy atom. The summed E-state index contributed by atoms with van der Waals surface area (Å²) in [6.45, 7) is 2.89. The maximum absolute atomic E-state index is 9.96. The molecule has 0 saturated carbocycles. The van der Waals surface area contributed by atoms with Crippen LogP contribution in [0.25, 0.3) is 0 Å². The molecule has 0 bridgehead atoms. The molecule has 0 radical (unpaired) electrons. The Hall–Kier alpha value is -0.900. The molecule has 0 aromatic heterocycles. The molecule has 1 aromatic rings. The van der Waals surface area contributed by atoms with Gasteiger partial charge < -0.3 is 10.0 Å². The summed E-state index contributed by atoms with van der Waals surface area (Å²) in [5.41, 5.74) is 1.40. The Morgan fingerprint density at radius 1 is 1.22 bits per heavy atom. The molecule has 100 valence electrons. The van der Waals surface area contributed by atoms with Crippen molar-refractivity contribution < 1.29 is 5.11 Å². The average molecular weight is 248 g/mol.